The fraction of sp³-hybridized carbons (Fsp3) is 0.500. The van der Waals surface area contributed by atoms with E-state index in [4.69, 9.17) is 5.11 Å². The van der Waals surface area contributed by atoms with Gasteiger partial charge in [0, 0.05) is 6.20 Å². The van der Waals surface area contributed by atoms with Crippen molar-refractivity contribution in [3.8, 4) is 0 Å². The summed E-state index contributed by atoms with van der Waals surface area (Å²) in [5.74, 6) is -1.28. The zero-order valence-corrected chi connectivity index (χ0v) is 9.23. The summed E-state index contributed by atoms with van der Waals surface area (Å²) < 4.78 is 0. The first-order valence-corrected chi connectivity index (χ1v) is 5.03. The number of aliphatic carboxylic acids is 1. The molecule has 6 heteroatoms. The number of carboxylic acids is 1. The molecule has 1 atom stereocenters. The highest BCUT2D eigenvalue weighted by Crippen LogP contribution is 2.05. The second kappa shape index (κ2) is 5.29. The lowest BCUT2D eigenvalue weighted by Crippen LogP contribution is -2.41. The monoisotopic (exact) mass is 225 g/mol. The molecule has 6 nitrogen and oxygen atoms in total. The van der Waals surface area contributed by atoms with Crippen molar-refractivity contribution in [2.75, 3.05) is 0 Å². The Bertz CT molecular complexity index is 359. The molecule has 0 unspecified atom stereocenters. The predicted molar refractivity (Wildman–Crippen MR) is 56.9 cm³/mol. The van der Waals surface area contributed by atoms with Gasteiger partial charge in [0.25, 0.3) is 5.91 Å². The summed E-state index contributed by atoms with van der Waals surface area (Å²) in [6.45, 7) is 3.80. The molecule has 1 heterocycles. The van der Waals surface area contributed by atoms with Crippen molar-refractivity contribution in [1.29, 1.82) is 0 Å². The van der Waals surface area contributed by atoms with Crippen LogP contribution in [0.5, 0.6) is 0 Å². The number of rotatable bonds is 5. The largest absolute Gasteiger partial charge is 0.480 e. The van der Waals surface area contributed by atoms with Crippen LogP contribution in [0.3, 0.4) is 0 Å². The number of carbonyl (C=O) groups is 2. The lowest BCUT2D eigenvalue weighted by atomic mass is 10.0. The maximum Gasteiger partial charge on any atom is 0.326 e. The van der Waals surface area contributed by atoms with Gasteiger partial charge < -0.3 is 10.4 Å². The molecule has 1 rings (SSSR count). The summed E-state index contributed by atoms with van der Waals surface area (Å²) in [7, 11) is 0. The summed E-state index contributed by atoms with van der Waals surface area (Å²) in [6.07, 6.45) is 1.84. The van der Waals surface area contributed by atoms with Crippen molar-refractivity contribution in [1.82, 2.24) is 15.5 Å². The first-order chi connectivity index (χ1) is 7.50. The minimum absolute atomic E-state index is 0.197. The van der Waals surface area contributed by atoms with E-state index >= 15 is 0 Å². The van der Waals surface area contributed by atoms with Gasteiger partial charge in [0.1, 0.15) is 11.7 Å². The first kappa shape index (κ1) is 12.2. The van der Waals surface area contributed by atoms with Crippen LogP contribution in [0, 0.1) is 5.92 Å². The van der Waals surface area contributed by atoms with Crippen molar-refractivity contribution in [3.63, 3.8) is 0 Å². The number of hydrogen-bond acceptors (Lipinski definition) is 3. The van der Waals surface area contributed by atoms with E-state index in [1.807, 2.05) is 13.8 Å². The van der Waals surface area contributed by atoms with Crippen molar-refractivity contribution in [2.45, 2.75) is 26.3 Å². The highest BCUT2D eigenvalue weighted by Gasteiger charge is 2.21. The molecule has 0 aromatic carbocycles. The van der Waals surface area contributed by atoms with E-state index in [0.29, 0.717) is 6.42 Å². The minimum atomic E-state index is -1.03. The molecule has 1 aromatic rings. The van der Waals surface area contributed by atoms with Crippen LogP contribution in [0.1, 0.15) is 30.8 Å². The Morgan fingerprint density at radius 1 is 1.56 bits per heavy atom. The molecule has 1 amide bonds. The zero-order valence-electron chi connectivity index (χ0n) is 9.23. The number of aromatic amines is 1. The molecule has 16 heavy (non-hydrogen) atoms. The molecule has 0 saturated carbocycles. The van der Waals surface area contributed by atoms with E-state index in [1.165, 1.54) is 12.3 Å². The second-order valence-electron chi connectivity index (χ2n) is 3.96. The average molecular weight is 225 g/mol. The summed E-state index contributed by atoms with van der Waals surface area (Å²) in [5, 5.41) is 17.5. The summed E-state index contributed by atoms with van der Waals surface area (Å²) >= 11 is 0. The van der Waals surface area contributed by atoms with Gasteiger partial charge in [0.2, 0.25) is 0 Å². The SMILES string of the molecule is CC(C)C[C@H](NC(=O)c1ccn[nH]1)C(=O)O. The van der Waals surface area contributed by atoms with E-state index < -0.39 is 17.9 Å². The van der Waals surface area contributed by atoms with Crippen LogP contribution < -0.4 is 5.32 Å². The molecular formula is C10H15N3O3. The fourth-order valence-corrected chi connectivity index (χ4v) is 1.31. The average Bonchev–Trinajstić information content (AvgIpc) is 2.68. The standard InChI is InChI=1S/C10H15N3O3/c1-6(2)5-8(10(15)16)12-9(14)7-3-4-11-13-7/h3-4,6,8H,5H2,1-2H3,(H,11,13)(H,12,14)(H,15,16)/t8-/m0/s1. The summed E-state index contributed by atoms with van der Waals surface area (Å²) in [5.41, 5.74) is 0.259. The van der Waals surface area contributed by atoms with Gasteiger partial charge in [-0.2, -0.15) is 5.10 Å². The maximum absolute atomic E-state index is 11.6. The molecule has 0 fully saturated rings. The smallest absolute Gasteiger partial charge is 0.326 e. The number of H-pyrrole nitrogens is 1. The first-order valence-electron chi connectivity index (χ1n) is 5.03. The molecule has 3 N–H and O–H groups in total. The van der Waals surface area contributed by atoms with Gasteiger partial charge in [0.05, 0.1) is 0 Å². The third-order valence-corrected chi connectivity index (χ3v) is 2.06. The number of aromatic nitrogens is 2. The van der Waals surface area contributed by atoms with Crippen molar-refractivity contribution in [2.24, 2.45) is 5.92 Å². The van der Waals surface area contributed by atoms with Crippen LogP contribution >= 0.6 is 0 Å². The third-order valence-electron chi connectivity index (χ3n) is 2.06. The van der Waals surface area contributed by atoms with E-state index in [-0.39, 0.29) is 11.6 Å². The molecule has 1 aromatic heterocycles. The zero-order chi connectivity index (χ0) is 12.1. The van der Waals surface area contributed by atoms with Gasteiger partial charge in [-0.15, -0.1) is 0 Å². The number of nitrogens with one attached hydrogen (secondary N) is 2. The van der Waals surface area contributed by atoms with Gasteiger partial charge in [-0.1, -0.05) is 13.8 Å². The van der Waals surface area contributed by atoms with Crippen LogP contribution in [0.4, 0.5) is 0 Å². The summed E-state index contributed by atoms with van der Waals surface area (Å²) in [6, 6.07) is 0.625. The van der Waals surface area contributed by atoms with E-state index in [0.717, 1.165) is 0 Å². The Morgan fingerprint density at radius 3 is 2.69 bits per heavy atom. The molecule has 0 aliphatic rings. The highest BCUT2D eigenvalue weighted by atomic mass is 16.4. The van der Waals surface area contributed by atoms with Crippen LogP contribution in [0.15, 0.2) is 12.3 Å². The molecule has 0 aliphatic heterocycles. The number of carbonyl (C=O) groups excluding carboxylic acids is 1. The molecule has 0 aliphatic carbocycles. The highest BCUT2D eigenvalue weighted by molar-refractivity contribution is 5.94. The Morgan fingerprint density at radius 2 is 2.25 bits per heavy atom. The van der Waals surface area contributed by atoms with Crippen LogP contribution in [-0.4, -0.2) is 33.2 Å². The fourth-order valence-electron chi connectivity index (χ4n) is 1.31. The van der Waals surface area contributed by atoms with E-state index in [1.54, 1.807) is 0 Å². The van der Waals surface area contributed by atoms with Gasteiger partial charge in [-0.3, -0.25) is 9.89 Å². The van der Waals surface area contributed by atoms with Gasteiger partial charge in [0.15, 0.2) is 0 Å². The van der Waals surface area contributed by atoms with Gasteiger partial charge >= 0.3 is 5.97 Å². The second-order valence-corrected chi connectivity index (χ2v) is 3.96. The van der Waals surface area contributed by atoms with Crippen molar-refractivity contribution < 1.29 is 14.7 Å². The van der Waals surface area contributed by atoms with Crippen LogP contribution in [-0.2, 0) is 4.79 Å². The molecule has 0 bridgehead atoms. The lowest BCUT2D eigenvalue weighted by Gasteiger charge is -2.15. The molecule has 88 valence electrons. The van der Waals surface area contributed by atoms with Gasteiger partial charge in [-0.25, -0.2) is 4.79 Å². The normalized spacial score (nSPS) is 12.4. The predicted octanol–water partition coefficient (Wildman–Crippen LogP) is 0.639. The number of amides is 1. The molecule has 0 radical (unpaired) electrons. The third kappa shape index (κ3) is 3.38. The Hall–Kier alpha value is -1.85. The summed E-state index contributed by atoms with van der Waals surface area (Å²) in [4.78, 5) is 22.5. The van der Waals surface area contributed by atoms with Crippen molar-refractivity contribution in [3.05, 3.63) is 18.0 Å². The van der Waals surface area contributed by atoms with Gasteiger partial charge in [-0.05, 0) is 18.4 Å². The number of hydrogen-bond donors (Lipinski definition) is 3. The molecule has 0 spiro atoms. The Kier molecular flexibility index (Phi) is 4.04. The van der Waals surface area contributed by atoms with Crippen molar-refractivity contribution >= 4 is 11.9 Å². The van der Waals surface area contributed by atoms with Crippen LogP contribution in [0.25, 0.3) is 0 Å². The number of carboxylic acid groups (broad SMARTS) is 1. The topological polar surface area (TPSA) is 95.1 Å². The minimum Gasteiger partial charge on any atom is -0.480 e. The van der Waals surface area contributed by atoms with E-state index in [2.05, 4.69) is 15.5 Å². The lowest BCUT2D eigenvalue weighted by molar-refractivity contribution is -0.139. The Balaban J connectivity index is 2.62. The maximum atomic E-state index is 11.6. The quantitative estimate of drug-likeness (QED) is 0.685. The molecule has 0 saturated heterocycles. The van der Waals surface area contributed by atoms with Crippen LogP contribution in [0.2, 0.25) is 0 Å². The Labute approximate surface area is 93.1 Å². The molecular weight excluding hydrogens is 210 g/mol. The number of nitrogens with zero attached hydrogens (tertiary/aromatic N) is 1. The van der Waals surface area contributed by atoms with E-state index in [9.17, 15) is 9.59 Å².